The fraction of sp³-hybridized carbons (Fsp3) is 0.333. The molecule has 2 aromatic rings. The van der Waals surface area contributed by atoms with Crippen LogP contribution in [0.15, 0.2) is 47.1 Å². The number of hydrogen-bond acceptors (Lipinski definition) is 3. The summed E-state index contributed by atoms with van der Waals surface area (Å²) < 4.78 is 18.4. The first-order valence-electron chi connectivity index (χ1n) is 7.97. The number of nitrogens with one attached hydrogen (secondary N) is 1. The van der Waals surface area contributed by atoms with Crippen molar-refractivity contribution in [2.45, 2.75) is 31.8 Å². The number of halogens is 1. The van der Waals surface area contributed by atoms with Crippen molar-refractivity contribution in [3.8, 4) is 0 Å². The molecular formula is C18H19FN2O3. The Morgan fingerprint density at radius 3 is 2.92 bits per heavy atom. The second-order valence-electron chi connectivity index (χ2n) is 5.85. The minimum atomic E-state index is -0.471. The van der Waals surface area contributed by atoms with E-state index in [0.717, 1.165) is 6.42 Å². The van der Waals surface area contributed by atoms with Gasteiger partial charge in [-0.25, -0.2) is 4.39 Å². The summed E-state index contributed by atoms with van der Waals surface area (Å²) in [6.45, 7) is 0.848. The SMILES string of the molecule is O=C(NCc1ccco1)C1CCCN1C(=O)Cc1cccc(F)c1. The lowest BCUT2D eigenvalue weighted by Gasteiger charge is -2.24. The van der Waals surface area contributed by atoms with Gasteiger partial charge in [0.1, 0.15) is 17.6 Å². The Morgan fingerprint density at radius 2 is 2.17 bits per heavy atom. The van der Waals surface area contributed by atoms with Crippen molar-refractivity contribution in [1.29, 1.82) is 0 Å². The van der Waals surface area contributed by atoms with Crippen LogP contribution in [-0.2, 0) is 22.6 Å². The molecule has 2 amide bonds. The minimum Gasteiger partial charge on any atom is -0.467 e. The molecule has 3 rings (SSSR count). The fourth-order valence-electron chi connectivity index (χ4n) is 2.97. The number of furan rings is 1. The lowest BCUT2D eigenvalue weighted by Crippen LogP contribution is -2.46. The summed E-state index contributed by atoms with van der Waals surface area (Å²) in [5.74, 6) is -0.0406. The molecule has 2 heterocycles. The first kappa shape index (κ1) is 16.2. The molecule has 0 aliphatic carbocycles. The van der Waals surface area contributed by atoms with E-state index in [2.05, 4.69) is 5.32 Å². The number of hydrogen-bond donors (Lipinski definition) is 1. The van der Waals surface area contributed by atoms with E-state index in [9.17, 15) is 14.0 Å². The maximum Gasteiger partial charge on any atom is 0.243 e. The lowest BCUT2D eigenvalue weighted by atomic mass is 10.1. The molecular weight excluding hydrogens is 311 g/mol. The molecule has 24 heavy (non-hydrogen) atoms. The van der Waals surface area contributed by atoms with Gasteiger partial charge >= 0.3 is 0 Å². The number of carbonyl (C=O) groups is 2. The van der Waals surface area contributed by atoms with Crippen LogP contribution in [-0.4, -0.2) is 29.3 Å². The predicted molar refractivity (Wildman–Crippen MR) is 85.4 cm³/mol. The number of nitrogens with zero attached hydrogens (tertiary/aromatic N) is 1. The van der Waals surface area contributed by atoms with Gasteiger partial charge < -0.3 is 14.6 Å². The van der Waals surface area contributed by atoms with Crippen molar-refractivity contribution in [1.82, 2.24) is 10.2 Å². The highest BCUT2D eigenvalue weighted by molar-refractivity contribution is 5.89. The van der Waals surface area contributed by atoms with Gasteiger partial charge in [0.2, 0.25) is 11.8 Å². The van der Waals surface area contributed by atoms with Gasteiger partial charge in [-0.3, -0.25) is 9.59 Å². The molecule has 0 saturated carbocycles. The van der Waals surface area contributed by atoms with Crippen LogP contribution < -0.4 is 5.32 Å². The van der Waals surface area contributed by atoms with Gasteiger partial charge in [-0.1, -0.05) is 12.1 Å². The highest BCUT2D eigenvalue weighted by Crippen LogP contribution is 2.19. The van der Waals surface area contributed by atoms with Gasteiger partial charge in [-0.05, 0) is 42.7 Å². The van der Waals surface area contributed by atoms with Gasteiger partial charge in [0, 0.05) is 6.54 Å². The molecule has 1 aromatic heterocycles. The van der Waals surface area contributed by atoms with Gasteiger partial charge in [0.25, 0.3) is 0 Å². The van der Waals surface area contributed by atoms with E-state index in [1.165, 1.54) is 12.1 Å². The minimum absolute atomic E-state index is 0.0969. The fourth-order valence-corrected chi connectivity index (χ4v) is 2.97. The molecule has 1 aromatic carbocycles. The third kappa shape index (κ3) is 3.82. The van der Waals surface area contributed by atoms with Gasteiger partial charge in [-0.2, -0.15) is 0 Å². The molecule has 1 saturated heterocycles. The quantitative estimate of drug-likeness (QED) is 0.915. The van der Waals surface area contributed by atoms with Crippen molar-refractivity contribution in [3.63, 3.8) is 0 Å². The molecule has 1 fully saturated rings. The third-order valence-corrected chi connectivity index (χ3v) is 4.14. The van der Waals surface area contributed by atoms with Crippen molar-refractivity contribution in [3.05, 3.63) is 59.8 Å². The van der Waals surface area contributed by atoms with Gasteiger partial charge in [-0.15, -0.1) is 0 Å². The summed E-state index contributed by atoms with van der Waals surface area (Å²) >= 11 is 0. The number of benzene rings is 1. The van der Waals surface area contributed by atoms with E-state index < -0.39 is 6.04 Å². The largest absolute Gasteiger partial charge is 0.467 e. The Labute approximate surface area is 139 Å². The molecule has 1 N–H and O–H groups in total. The highest BCUT2D eigenvalue weighted by atomic mass is 19.1. The Balaban J connectivity index is 1.59. The van der Waals surface area contributed by atoms with Crippen LogP contribution >= 0.6 is 0 Å². The highest BCUT2D eigenvalue weighted by Gasteiger charge is 2.33. The van der Waals surface area contributed by atoms with E-state index in [1.54, 1.807) is 35.4 Å². The standard InChI is InChI=1S/C18H19FN2O3/c19-14-5-1-4-13(10-14)11-17(22)21-8-2-7-16(21)18(23)20-12-15-6-3-9-24-15/h1,3-6,9-10,16H,2,7-8,11-12H2,(H,20,23). The maximum absolute atomic E-state index is 13.2. The zero-order chi connectivity index (χ0) is 16.9. The Kier molecular flexibility index (Phi) is 4.93. The average molecular weight is 330 g/mol. The molecule has 0 bridgehead atoms. The lowest BCUT2D eigenvalue weighted by molar-refractivity contribution is -0.138. The summed E-state index contributed by atoms with van der Waals surface area (Å²) in [6, 6.07) is 9.04. The second kappa shape index (κ2) is 7.29. The van der Waals surface area contributed by atoms with Crippen LogP contribution in [0.5, 0.6) is 0 Å². The zero-order valence-corrected chi connectivity index (χ0v) is 13.2. The van der Waals surface area contributed by atoms with Crippen LogP contribution in [0.25, 0.3) is 0 Å². The van der Waals surface area contributed by atoms with Crippen molar-refractivity contribution >= 4 is 11.8 Å². The summed E-state index contributed by atoms with van der Waals surface area (Å²) in [6.07, 6.45) is 3.07. The normalized spacial score (nSPS) is 17.0. The number of amides is 2. The topological polar surface area (TPSA) is 62.6 Å². The first-order valence-corrected chi connectivity index (χ1v) is 7.97. The molecule has 1 aliphatic heterocycles. The third-order valence-electron chi connectivity index (χ3n) is 4.14. The van der Waals surface area contributed by atoms with Crippen LogP contribution in [0.4, 0.5) is 4.39 Å². The summed E-state index contributed by atoms with van der Waals surface area (Å²) in [7, 11) is 0. The van der Waals surface area contributed by atoms with E-state index in [4.69, 9.17) is 4.42 Å². The first-order chi connectivity index (χ1) is 11.6. The Bertz CT molecular complexity index is 715. The monoisotopic (exact) mass is 330 g/mol. The summed E-state index contributed by atoms with van der Waals surface area (Å²) in [5.41, 5.74) is 0.613. The number of rotatable bonds is 5. The number of carbonyl (C=O) groups excluding carboxylic acids is 2. The Morgan fingerprint density at radius 1 is 1.29 bits per heavy atom. The van der Waals surface area contributed by atoms with E-state index in [0.29, 0.717) is 30.8 Å². The van der Waals surface area contributed by atoms with E-state index >= 15 is 0 Å². The molecule has 1 aliphatic rings. The molecule has 5 nitrogen and oxygen atoms in total. The molecule has 0 spiro atoms. The average Bonchev–Trinajstić information content (AvgIpc) is 3.24. The van der Waals surface area contributed by atoms with Crippen LogP contribution in [0.3, 0.4) is 0 Å². The summed E-state index contributed by atoms with van der Waals surface area (Å²) in [5, 5.41) is 2.80. The molecule has 1 unspecified atom stereocenters. The maximum atomic E-state index is 13.2. The van der Waals surface area contributed by atoms with Crippen molar-refractivity contribution < 1.29 is 18.4 Å². The molecule has 1 atom stereocenters. The van der Waals surface area contributed by atoms with Crippen molar-refractivity contribution in [2.24, 2.45) is 0 Å². The summed E-state index contributed by atoms with van der Waals surface area (Å²) in [4.78, 5) is 26.4. The van der Waals surface area contributed by atoms with Crippen LogP contribution in [0.2, 0.25) is 0 Å². The smallest absolute Gasteiger partial charge is 0.243 e. The van der Waals surface area contributed by atoms with Crippen molar-refractivity contribution in [2.75, 3.05) is 6.54 Å². The predicted octanol–water partition coefficient (Wildman–Crippen LogP) is 2.27. The zero-order valence-electron chi connectivity index (χ0n) is 13.2. The van der Waals surface area contributed by atoms with Gasteiger partial charge in [0.15, 0.2) is 0 Å². The molecule has 6 heteroatoms. The number of likely N-dealkylation sites (tertiary alicyclic amines) is 1. The Hall–Kier alpha value is -2.63. The van der Waals surface area contributed by atoms with E-state index in [1.807, 2.05) is 0 Å². The molecule has 0 radical (unpaired) electrons. The van der Waals surface area contributed by atoms with Gasteiger partial charge in [0.05, 0.1) is 19.2 Å². The second-order valence-corrected chi connectivity index (χ2v) is 5.85. The molecule has 126 valence electrons. The van der Waals surface area contributed by atoms with E-state index in [-0.39, 0.29) is 24.1 Å². The van der Waals surface area contributed by atoms with Crippen LogP contribution in [0, 0.1) is 5.82 Å². The van der Waals surface area contributed by atoms with Crippen LogP contribution in [0.1, 0.15) is 24.2 Å².